The highest BCUT2D eigenvalue weighted by Crippen LogP contribution is 2.43. The van der Waals surface area contributed by atoms with Crippen molar-refractivity contribution in [3.05, 3.63) is 24.3 Å². The number of carbonyl (C=O) groups is 3. The second-order valence-corrected chi connectivity index (χ2v) is 17.3. The molecule has 1 unspecified atom stereocenters. The zero-order chi connectivity index (χ0) is 42.8. The number of esters is 2. The smallest absolute Gasteiger partial charge is 0.472 e. The van der Waals surface area contributed by atoms with Crippen molar-refractivity contribution in [2.24, 2.45) is 5.73 Å². The van der Waals surface area contributed by atoms with Gasteiger partial charge < -0.3 is 25.2 Å². The van der Waals surface area contributed by atoms with Crippen LogP contribution in [0.15, 0.2) is 24.3 Å². The van der Waals surface area contributed by atoms with Gasteiger partial charge in [-0.05, 0) is 64.2 Å². The number of phosphoric ester groups is 1. The first-order chi connectivity index (χ1) is 28.1. The number of nitrogens with two attached hydrogens (primary N) is 1. The summed E-state index contributed by atoms with van der Waals surface area (Å²) in [5.41, 5.74) is 5.34. The lowest BCUT2D eigenvalue weighted by Crippen LogP contribution is -2.34. The molecule has 0 rings (SSSR count). The van der Waals surface area contributed by atoms with Crippen molar-refractivity contribution < 1.29 is 47.5 Å². The van der Waals surface area contributed by atoms with Crippen LogP contribution in [0.25, 0.3) is 0 Å². The van der Waals surface area contributed by atoms with E-state index in [4.69, 9.17) is 24.8 Å². The average molecular weight is 844 g/mol. The predicted molar refractivity (Wildman–Crippen MR) is 236 cm³/mol. The van der Waals surface area contributed by atoms with Gasteiger partial charge in [-0.15, -0.1) is 0 Å². The van der Waals surface area contributed by atoms with Crippen molar-refractivity contribution in [2.75, 3.05) is 19.8 Å². The first kappa shape index (κ1) is 56.0. The van der Waals surface area contributed by atoms with Crippen LogP contribution in [0.3, 0.4) is 0 Å². The molecular weight excluding hydrogens is 757 g/mol. The van der Waals surface area contributed by atoms with Crippen LogP contribution in [0.4, 0.5) is 0 Å². The van der Waals surface area contributed by atoms with Gasteiger partial charge in [-0.1, -0.05) is 167 Å². The van der Waals surface area contributed by atoms with Gasteiger partial charge in [-0.2, -0.15) is 0 Å². The molecule has 0 saturated heterocycles. The van der Waals surface area contributed by atoms with Crippen molar-refractivity contribution in [1.82, 2.24) is 0 Å². The summed E-state index contributed by atoms with van der Waals surface area (Å²) < 4.78 is 32.7. The number of carboxylic acid groups (broad SMARTS) is 1. The Morgan fingerprint density at radius 1 is 0.517 bits per heavy atom. The lowest BCUT2D eigenvalue weighted by molar-refractivity contribution is -0.161. The molecule has 0 saturated carbocycles. The molecule has 0 aromatic heterocycles. The molecule has 340 valence electrons. The fourth-order valence-electron chi connectivity index (χ4n) is 6.47. The fraction of sp³-hybridized carbons (Fsp3) is 0.848. The summed E-state index contributed by atoms with van der Waals surface area (Å²) in [6, 6.07) is -1.52. The van der Waals surface area contributed by atoms with E-state index < -0.39 is 51.1 Å². The van der Waals surface area contributed by atoms with E-state index in [-0.39, 0.29) is 19.4 Å². The number of aliphatic carboxylic acids is 1. The highest BCUT2D eigenvalue weighted by Gasteiger charge is 2.28. The summed E-state index contributed by atoms with van der Waals surface area (Å²) in [5.74, 6) is -2.39. The van der Waals surface area contributed by atoms with Crippen molar-refractivity contribution >= 4 is 25.7 Å². The van der Waals surface area contributed by atoms with Crippen molar-refractivity contribution in [3.8, 4) is 0 Å². The Hall–Kier alpha value is -2.04. The molecular formula is C46H86NO10P. The molecule has 0 aromatic rings. The largest absolute Gasteiger partial charge is 0.480 e. The standard InChI is InChI=1S/C46H86NO10P/c1-3-5-7-9-11-13-15-17-19-20-21-22-24-26-28-30-32-34-36-38-45(49)57-42(40-55-58(52,53)56-41-43(47)46(50)51)39-54-44(48)37-35-33-31-29-27-25-23-18-16-14-12-10-8-6-4-2/h17,19,25,27,42-43H,3-16,18,20-24,26,28-41,47H2,1-2H3,(H,50,51)(H,52,53)/b19-17+,27-25+/t42-,43+/m1/s1. The quantitative estimate of drug-likeness (QED) is 0.0231. The Labute approximate surface area is 353 Å². The topological polar surface area (TPSA) is 172 Å². The van der Waals surface area contributed by atoms with E-state index in [0.29, 0.717) is 12.8 Å². The minimum absolute atomic E-state index is 0.158. The monoisotopic (exact) mass is 844 g/mol. The van der Waals surface area contributed by atoms with Crippen LogP contribution in [-0.2, 0) is 37.5 Å². The summed E-state index contributed by atoms with van der Waals surface area (Å²) in [5, 5.41) is 8.90. The van der Waals surface area contributed by atoms with Gasteiger partial charge in [0.15, 0.2) is 6.10 Å². The maximum absolute atomic E-state index is 12.7. The molecule has 0 amide bonds. The number of carbonyl (C=O) groups excluding carboxylic acids is 2. The lowest BCUT2D eigenvalue weighted by Gasteiger charge is -2.20. The number of carboxylic acids is 1. The van der Waals surface area contributed by atoms with E-state index in [1.807, 2.05) is 0 Å². The molecule has 58 heavy (non-hydrogen) atoms. The summed E-state index contributed by atoms with van der Waals surface area (Å²) in [6.07, 6.45) is 43.8. The zero-order valence-electron chi connectivity index (χ0n) is 36.9. The number of ether oxygens (including phenoxy) is 2. The summed E-state index contributed by atoms with van der Waals surface area (Å²) in [4.78, 5) is 46.0. The number of phosphoric acid groups is 1. The van der Waals surface area contributed by atoms with Crippen molar-refractivity contribution in [2.45, 2.75) is 231 Å². The summed E-state index contributed by atoms with van der Waals surface area (Å²) in [6.45, 7) is 2.80. The van der Waals surface area contributed by atoms with E-state index in [0.717, 1.165) is 44.9 Å². The summed E-state index contributed by atoms with van der Waals surface area (Å²) in [7, 11) is -4.72. The first-order valence-corrected chi connectivity index (χ1v) is 24.9. The molecule has 0 aliphatic carbocycles. The number of allylic oxidation sites excluding steroid dienone is 4. The van der Waals surface area contributed by atoms with Crippen LogP contribution in [-0.4, -0.2) is 59.9 Å². The molecule has 0 spiro atoms. The number of unbranched alkanes of at least 4 members (excludes halogenated alkanes) is 26. The highest BCUT2D eigenvalue weighted by atomic mass is 31.2. The molecule has 11 nitrogen and oxygen atoms in total. The van der Waals surface area contributed by atoms with Gasteiger partial charge in [0.1, 0.15) is 12.6 Å². The Morgan fingerprint density at radius 2 is 0.862 bits per heavy atom. The molecule has 0 radical (unpaired) electrons. The van der Waals surface area contributed by atoms with Crippen molar-refractivity contribution in [1.29, 1.82) is 0 Å². The van der Waals surface area contributed by atoms with Gasteiger partial charge >= 0.3 is 25.7 Å². The highest BCUT2D eigenvalue weighted by molar-refractivity contribution is 7.47. The third kappa shape index (κ3) is 40.7. The Morgan fingerprint density at radius 3 is 1.28 bits per heavy atom. The third-order valence-electron chi connectivity index (χ3n) is 10.2. The molecule has 12 heteroatoms. The van der Waals surface area contributed by atoms with Crippen LogP contribution in [0, 0.1) is 0 Å². The van der Waals surface area contributed by atoms with Gasteiger partial charge in [-0.25, -0.2) is 4.57 Å². The first-order valence-electron chi connectivity index (χ1n) is 23.4. The van der Waals surface area contributed by atoms with Crippen LogP contribution >= 0.6 is 7.82 Å². The summed E-state index contributed by atoms with van der Waals surface area (Å²) >= 11 is 0. The fourth-order valence-corrected chi connectivity index (χ4v) is 7.24. The van der Waals surface area contributed by atoms with Gasteiger partial charge in [0.2, 0.25) is 0 Å². The third-order valence-corrected chi connectivity index (χ3v) is 11.1. The predicted octanol–water partition coefficient (Wildman–Crippen LogP) is 12.6. The van der Waals surface area contributed by atoms with Crippen LogP contribution in [0.5, 0.6) is 0 Å². The van der Waals surface area contributed by atoms with Crippen LogP contribution < -0.4 is 5.73 Å². The van der Waals surface area contributed by atoms with E-state index in [1.54, 1.807) is 0 Å². The molecule has 0 aliphatic rings. The van der Waals surface area contributed by atoms with Gasteiger partial charge in [-0.3, -0.25) is 23.4 Å². The Kier molecular flexibility index (Phi) is 40.2. The molecule has 0 aliphatic heterocycles. The van der Waals surface area contributed by atoms with Gasteiger partial charge in [0.05, 0.1) is 13.2 Å². The number of hydrogen-bond donors (Lipinski definition) is 3. The maximum atomic E-state index is 12.7. The molecule has 0 fully saturated rings. The van der Waals surface area contributed by atoms with E-state index in [9.17, 15) is 23.8 Å². The van der Waals surface area contributed by atoms with Gasteiger partial charge in [0, 0.05) is 12.8 Å². The Bertz CT molecular complexity index is 1080. The number of hydrogen-bond acceptors (Lipinski definition) is 9. The SMILES string of the molecule is CCCCCCCC/C=C/CCCCCCCCCCCC(=O)O[C@H](COC(=O)CCCCC/C=C/CCCCCCCCCC)COP(=O)(O)OC[C@H](N)C(=O)O. The number of rotatable bonds is 44. The van der Waals surface area contributed by atoms with E-state index in [2.05, 4.69) is 42.7 Å². The zero-order valence-corrected chi connectivity index (χ0v) is 37.8. The minimum Gasteiger partial charge on any atom is -0.480 e. The van der Waals surface area contributed by atoms with Gasteiger partial charge in [0.25, 0.3) is 0 Å². The maximum Gasteiger partial charge on any atom is 0.472 e. The van der Waals surface area contributed by atoms with E-state index in [1.165, 1.54) is 135 Å². The van der Waals surface area contributed by atoms with Crippen LogP contribution in [0.1, 0.15) is 219 Å². The molecule has 0 heterocycles. The van der Waals surface area contributed by atoms with E-state index >= 15 is 0 Å². The van der Waals surface area contributed by atoms with Crippen molar-refractivity contribution in [3.63, 3.8) is 0 Å². The average Bonchev–Trinajstić information content (AvgIpc) is 3.20. The molecule has 4 N–H and O–H groups in total. The van der Waals surface area contributed by atoms with Crippen LogP contribution in [0.2, 0.25) is 0 Å². The normalized spacial score (nSPS) is 13.9. The molecule has 0 aromatic carbocycles. The second kappa shape index (κ2) is 41.7. The lowest BCUT2D eigenvalue weighted by atomic mass is 10.1. The molecule has 0 bridgehead atoms. The Balaban J connectivity index is 4.32. The minimum atomic E-state index is -4.72. The molecule has 3 atom stereocenters. The second-order valence-electron chi connectivity index (χ2n) is 15.9.